The zero-order chi connectivity index (χ0) is 19.8. The van der Waals surface area contributed by atoms with Crippen molar-refractivity contribution in [3.8, 4) is 0 Å². The minimum atomic E-state index is 0.0702. The zero-order valence-electron chi connectivity index (χ0n) is 17.0. The highest BCUT2D eigenvalue weighted by Gasteiger charge is 2.26. The largest absolute Gasteiger partial charge is 0.339 e. The van der Waals surface area contributed by atoms with Crippen LogP contribution in [0.25, 0.3) is 10.2 Å². The van der Waals surface area contributed by atoms with Crippen LogP contribution in [0.5, 0.6) is 0 Å². The summed E-state index contributed by atoms with van der Waals surface area (Å²) in [6.45, 7) is 7.82. The molecule has 1 aliphatic heterocycles. The SMILES string of the molecule is CCn1c(SCC(=O)N2CCCC[C@H]2C)nc2sc3c(c2c1=O)CC[C@@H](C)C3. The molecule has 152 valence electrons. The quantitative estimate of drug-likeness (QED) is 0.553. The maximum absolute atomic E-state index is 13.2. The van der Waals surface area contributed by atoms with E-state index in [4.69, 9.17) is 4.98 Å². The topological polar surface area (TPSA) is 55.2 Å². The van der Waals surface area contributed by atoms with Gasteiger partial charge >= 0.3 is 0 Å². The number of aromatic nitrogens is 2. The Balaban J connectivity index is 1.62. The van der Waals surface area contributed by atoms with Crippen LogP contribution >= 0.6 is 23.1 Å². The van der Waals surface area contributed by atoms with Crippen LogP contribution in [0, 0.1) is 5.92 Å². The van der Waals surface area contributed by atoms with Crippen LogP contribution in [-0.4, -0.2) is 38.7 Å². The minimum Gasteiger partial charge on any atom is -0.339 e. The Bertz CT molecular complexity index is 949. The third-order valence-electron chi connectivity index (χ3n) is 6.14. The number of piperidine rings is 1. The van der Waals surface area contributed by atoms with E-state index in [9.17, 15) is 9.59 Å². The molecular weight excluding hydrogens is 390 g/mol. The second-order valence-electron chi connectivity index (χ2n) is 8.20. The number of thioether (sulfide) groups is 1. The van der Waals surface area contributed by atoms with Gasteiger partial charge < -0.3 is 4.90 Å². The Morgan fingerprint density at radius 2 is 2.11 bits per heavy atom. The molecule has 0 spiro atoms. The number of thiophene rings is 1. The summed E-state index contributed by atoms with van der Waals surface area (Å²) < 4.78 is 1.75. The second-order valence-corrected chi connectivity index (χ2v) is 10.2. The first kappa shape index (κ1) is 20.0. The molecule has 0 unspecified atom stereocenters. The third-order valence-corrected chi connectivity index (χ3v) is 8.25. The zero-order valence-corrected chi connectivity index (χ0v) is 18.6. The first-order chi connectivity index (χ1) is 13.5. The lowest BCUT2D eigenvalue weighted by atomic mass is 9.89. The Morgan fingerprint density at radius 3 is 2.86 bits per heavy atom. The van der Waals surface area contributed by atoms with Crippen molar-refractivity contribution in [2.45, 2.75) is 77.0 Å². The molecule has 3 heterocycles. The summed E-state index contributed by atoms with van der Waals surface area (Å²) in [4.78, 5) is 35.0. The van der Waals surface area contributed by atoms with Gasteiger partial charge in [-0.1, -0.05) is 18.7 Å². The molecule has 2 atom stereocenters. The molecule has 4 rings (SSSR count). The molecule has 0 aromatic carbocycles. The van der Waals surface area contributed by atoms with Crippen molar-refractivity contribution < 1.29 is 4.79 Å². The Labute approximate surface area is 174 Å². The second kappa shape index (κ2) is 8.19. The summed E-state index contributed by atoms with van der Waals surface area (Å²) in [6, 6.07) is 0.316. The van der Waals surface area contributed by atoms with E-state index in [-0.39, 0.29) is 11.5 Å². The fraction of sp³-hybridized carbons (Fsp3) is 0.667. The summed E-state index contributed by atoms with van der Waals surface area (Å²) in [7, 11) is 0. The highest BCUT2D eigenvalue weighted by molar-refractivity contribution is 7.99. The van der Waals surface area contributed by atoms with Crippen LogP contribution in [0.1, 0.15) is 56.9 Å². The van der Waals surface area contributed by atoms with Crippen LogP contribution in [0.2, 0.25) is 0 Å². The average Bonchev–Trinajstić information content (AvgIpc) is 3.04. The van der Waals surface area contributed by atoms with Crippen molar-refractivity contribution in [2.75, 3.05) is 12.3 Å². The number of aryl methyl sites for hydroxylation is 1. The summed E-state index contributed by atoms with van der Waals surface area (Å²) in [6.07, 6.45) is 6.55. The van der Waals surface area contributed by atoms with Crippen LogP contribution in [-0.2, 0) is 24.2 Å². The fourth-order valence-electron chi connectivity index (χ4n) is 4.47. The minimum absolute atomic E-state index is 0.0702. The van der Waals surface area contributed by atoms with E-state index >= 15 is 0 Å². The fourth-order valence-corrected chi connectivity index (χ4v) is 6.84. The van der Waals surface area contributed by atoms with E-state index in [2.05, 4.69) is 13.8 Å². The number of carbonyl (C=O) groups is 1. The van der Waals surface area contributed by atoms with Gasteiger partial charge in [0.25, 0.3) is 5.56 Å². The van der Waals surface area contributed by atoms with E-state index in [0.29, 0.717) is 29.4 Å². The molecule has 5 nitrogen and oxygen atoms in total. The number of amides is 1. The van der Waals surface area contributed by atoms with E-state index in [0.717, 1.165) is 48.9 Å². The number of rotatable bonds is 4. The van der Waals surface area contributed by atoms with Crippen molar-refractivity contribution in [3.05, 3.63) is 20.8 Å². The summed E-state index contributed by atoms with van der Waals surface area (Å²) >= 11 is 3.10. The highest BCUT2D eigenvalue weighted by atomic mass is 32.2. The number of likely N-dealkylation sites (tertiary alicyclic amines) is 1. The predicted octanol–water partition coefficient (Wildman–Crippen LogP) is 4.10. The molecule has 7 heteroatoms. The molecule has 2 aliphatic rings. The van der Waals surface area contributed by atoms with E-state index in [1.807, 2.05) is 11.8 Å². The van der Waals surface area contributed by atoms with Gasteiger partial charge in [0.1, 0.15) is 4.83 Å². The first-order valence-corrected chi connectivity index (χ1v) is 12.3. The Morgan fingerprint density at radius 1 is 1.29 bits per heavy atom. The molecule has 0 radical (unpaired) electrons. The van der Waals surface area contributed by atoms with Crippen molar-refractivity contribution in [1.29, 1.82) is 0 Å². The summed E-state index contributed by atoms with van der Waals surface area (Å²) in [5, 5.41) is 1.51. The summed E-state index contributed by atoms with van der Waals surface area (Å²) in [5.41, 5.74) is 1.30. The number of nitrogens with zero attached hydrogens (tertiary/aromatic N) is 3. The molecular formula is C21H29N3O2S2. The van der Waals surface area contributed by atoms with Crippen molar-refractivity contribution in [2.24, 2.45) is 5.92 Å². The molecule has 2 aromatic heterocycles. The standard InChI is InChI=1S/C21H29N3O2S2/c1-4-23-20(26)18-15-9-8-13(2)11-16(15)28-19(18)22-21(23)27-12-17(25)24-10-6-5-7-14(24)3/h13-14H,4-12H2,1-3H3/t13-,14-/m1/s1. The first-order valence-electron chi connectivity index (χ1n) is 10.5. The molecule has 0 bridgehead atoms. The molecule has 1 aliphatic carbocycles. The average molecular weight is 420 g/mol. The van der Waals surface area contributed by atoms with Crippen LogP contribution in [0.4, 0.5) is 0 Å². The molecule has 1 amide bonds. The predicted molar refractivity (Wildman–Crippen MR) is 116 cm³/mol. The number of fused-ring (bicyclic) bond motifs is 3. The summed E-state index contributed by atoms with van der Waals surface area (Å²) in [5.74, 6) is 1.19. The van der Waals surface area contributed by atoms with Gasteiger partial charge in [0.2, 0.25) is 5.91 Å². The maximum Gasteiger partial charge on any atom is 0.263 e. The molecule has 2 aromatic rings. The lowest BCUT2D eigenvalue weighted by Crippen LogP contribution is -2.43. The smallest absolute Gasteiger partial charge is 0.263 e. The van der Waals surface area contributed by atoms with Crippen LogP contribution in [0.3, 0.4) is 0 Å². The van der Waals surface area contributed by atoms with Gasteiger partial charge in [-0.3, -0.25) is 14.2 Å². The lowest BCUT2D eigenvalue weighted by molar-refractivity contribution is -0.131. The Kier molecular flexibility index (Phi) is 5.83. The van der Waals surface area contributed by atoms with Crippen molar-refractivity contribution in [1.82, 2.24) is 14.5 Å². The van der Waals surface area contributed by atoms with Gasteiger partial charge in [-0.2, -0.15) is 0 Å². The van der Waals surface area contributed by atoms with Gasteiger partial charge in [0.05, 0.1) is 11.1 Å². The van der Waals surface area contributed by atoms with E-state index < -0.39 is 0 Å². The van der Waals surface area contributed by atoms with Crippen molar-refractivity contribution >= 4 is 39.2 Å². The molecule has 1 saturated heterocycles. The van der Waals surface area contributed by atoms with Gasteiger partial charge in [0.15, 0.2) is 5.16 Å². The number of hydrogen-bond acceptors (Lipinski definition) is 5. The van der Waals surface area contributed by atoms with Gasteiger partial charge in [0, 0.05) is 24.0 Å². The molecule has 0 N–H and O–H groups in total. The van der Waals surface area contributed by atoms with Crippen molar-refractivity contribution in [3.63, 3.8) is 0 Å². The molecule has 1 fully saturated rings. The van der Waals surface area contributed by atoms with Crippen LogP contribution < -0.4 is 5.56 Å². The monoisotopic (exact) mass is 419 g/mol. The number of carbonyl (C=O) groups excluding carboxylic acids is 1. The lowest BCUT2D eigenvalue weighted by Gasteiger charge is -2.33. The van der Waals surface area contributed by atoms with Crippen LogP contribution in [0.15, 0.2) is 9.95 Å². The highest BCUT2D eigenvalue weighted by Crippen LogP contribution is 2.36. The Hall–Kier alpha value is -1.34. The van der Waals surface area contributed by atoms with E-state index in [1.165, 1.54) is 28.6 Å². The van der Waals surface area contributed by atoms with Gasteiger partial charge in [-0.25, -0.2) is 4.98 Å². The third kappa shape index (κ3) is 3.63. The normalized spacial score (nSPS) is 22.5. The molecule has 0 saturated carbocycles. The number of hydrogen-bond donors (Lipinski definition) is 0. The molecule has 28 heavy (non-hydrogen) atoms. The van der Waals surface area contributed by atoms with E-state index in [1.54, 1.807) is 15.9 Å². The maximum atomic E-state index is 13.2. The van der Waals surface area contributed by atoms with Gasteiger partial charge in [-0.05, 0) is 63.9 Å². The van der Waals surface area contributed by atoms with Gasteiger partial charge in [-0.15, -0.1) is 11.3 Å².